The molecule has 0 radical (unpaired) electrons. The number of anilines is 2. The fraction of sp³-hybridized carbons (Fsp3) is 0.421. The normalized spacial score (nSPS) is 17.1. The molecule has 29 heavy (non-hydrogen) atoms. The molecule has 1 atom stereocenters. The quantitative estimate of drug-likeness (QED) is 0.647. The van der Waals surface area contributed by atoms with E-state index < -0.39 is 11.9 Å². The fourth-order valence-corrected chi connectivity index (χ4v) is 3.55. The largest absolute Gasteiger partial charge is 0.433 e. The molecule has 0 amide bonds. The summed E-state index contributed by atoms with van der Waals surface area (Å²) in [5, 5.41) is 6.26. The van der Waals surface area contributed by atoms with E-state index in [1.807, 2.05) is 30.0 Å². The van der Waals surface area contributed by atoms with Gasteiger partial charge in [0.05, 0.1) is 0 Å². The van der Waals surface area contributed by atoms with Crippen molar-refractivity contribution in [1.29, 1.82) is 0 Å². The number of hydrogen-bond donors (Lipinski definition) is 2. The second-order valence-electron chi connectivity index (χ2n) is 6.87. The summed E-state index contributed by atoms with van der Waals surface area (Å²) in [5.74, 6) is 0.0557. The maximum atomic E-state index is 13.4. The van der Waals surface area contributed by atoms with Crippen LogP contribution in [0.5, 0.6) is 0 Å². The van der Waals surface area contributed by atoms with Crippen molar-refractivity contribution in [3.05, 3.63) is 46.6 Å². The zero-order valence-electron chi connectivity index (χ0n) is 15.8. The highest BCUT2D eigenvalue weighted by Crippen LogP contribution is 2.32. The first kappa shape index (κ1) is 21.6. The van der Waals surface area contributed by atoms with Crippen LogP contribution in [-0.2, 0) is 12.7 Å². The number of nitrogens with one attached hydrogen (secondary N) is 2. The molecule has 2 aromatic rings. The number of rotatable bonds is 4. The molecule has 1 saturated heterocycles. The van der Waals surface area contributed by atoms with Crippen molar-refractivity contribution >= 4 is 40.7 Å². The van der Waals surface area contributed by atoms with Gasteiger partial charge in [-0.15, -0.1) is 0 Å². The predicted molar refractivity (Wildman–Crippen MR) is 112 cm³/mol. The molecule has 1 fully saturated rings. The van der Waals surface area contributed by atoms with E-state index in [0.29, 0.717) is 18.1 Å². The second-order valence-corrected chi connectivity index (χ2v) is 7.69. The maximum absolute atomic E-state index is 13.4. The fourth-order valence-electron chi connectivity index (χ4n) is 3.18. The first-order valence-electron chi connectivity index (χ1n) is 9.25. The Morgan fingerprint density at radius 3 is 2.72 bits per heavy atom. The minimum absolute atomic E-state index is 0.109. The lowest BCUT2D eigenvalue weighted by molar-refractivity contribution is -0.141. The van der Waals surface area contributed by atoms with Gasteiger partial charge in [-0.3, -0.25) is 0 Å². The molecule has 0 spiro atoms. The molecule has 10 heteroatoms. The van der Waals surface area contributed by atoms with E-state index in [4.69, 9.17) is 23.8 Å². The van der Waals surface area contributed by atoms with Crippen LogP contribution in [0.4, 0.5) is 24.9 Å². The van der Waals surface area contributed by atoms with Gasteiger partial charge in [0.2, 0.25) is 5.95 Å². The maximum Gasteiger partial charge on any atom is 0.433 e. The van der Waals surface area contributed by atoms with Gasteiger partial charge in [0, 0.05) is 30.2 Å². The Labute approximate surface area is 177 Å². The van der Waals surface area contributed by atoms with Crippen LogP contribution in [0.3, 0.4) is 0 Å². The molecule has 2 heterocycles. The highest BCUT2D eigenvalue weighted by atomic mass is 35.5. The molecular formula is C19H21ClF3N5S. The van der Waals surface area contributed by atoms with Crippen molar-refractivity contribution < 1.29 is 13.2 Å². The summed E-state index contributed by atoms with van der Waals surface area (Å²) in [6.07, 6.45) is -1.71. The molecule has 0 unspecified atom stereocenters. The van der Waals surface area contributed by atoms with Crippen LogP contribution >= 0.6 is 23.8 Å². The third kappa shape index (κ3) is 5.70. The zero-order valence-corrected chi connectivity index (χ0v) is 17.3. The third-order valence-electron chi connectivity index (χ3n) is 4.72. The van der Waals surface area contributed by atoms with E-state index in [0.717, 1.165) is 30.9 Å². The number of piperidine rings is 1. The molecular weight excluding hydrogens is 423 g/mol. The van der Waals surface area contributed by atoms with E-state index in [1.165, 1.54) is 0 Å². The molecule has 1 aromatic heterocycles. The van der Waals surface area contributed by atoms with Gasteiger partial charge >= 0.3 is 6.18 Å². The Morgan fingerprint density at radius 1 is 1.28 bits per heavy atom. The van der Waals surface area contributed by atoms with Crippen LogP contribution in [0.25, 0.3) is 0 Å². The third-order valence-corrected chi connectivity index (χ3v) is 5.34. The van der Waals surface area contributed by atoms with Crippen molar-refractivity contribution in [2.75, 3.05) is 16.8 Å². The number of halogens is 4. The van der Waals surface area contributed by atoms with Gasteiger partial charge < -0.3 is 15.5 Å². The Morgan fingerprint density at radius 2 is 2.03 bits per heavy atom. The molecule has 0 aliphatic carbocycles. The van der Waals surface area contributed by atoms with Gasteiger partial charge in [-0.05, 0) is 50.0 Å². The summed E-state index contributed by atoms with van der Waals surface area (Å²) >= 11 is 11.3. The van der Waals surface area contributed by atoms with Crippen molar-refractivity contribution in [3.63, 3.8) is 0 Å². The Hall–Kier alpha value is -2.13. The number of thiocarbonyl (C=S) groups is 1. The van der Waals surface area contributed by atoms with Gasteiger partial charge in [0.15, 0.2) is 10.8 Å². The molecule has 156 valence electrons. The molecule has 0 saturated carbocycles. The summed E-state index contributed by atoms with van der Waals surface area (Å²) in [4.78, 5) is 9.77. The lowest BCUT2D eigenvalue weighted by Gasteiger charge is -2.34. The summed E-state index contributed by atoms with van der Waals surface area (Å²) in [6, 6.07) is 8.32. The standard InChI is InChI=1S/C19H21ClF3N5S/c1-12-6-4-5-9-28(12)16-10-15(19(21,22)23)25-17(26-16)27-18(29)24-11-13-7-2-3-8-14(13)20/h2-3,7-8,10,12H,4-6,9,11H2,1H3,(H2,24,25,26,27,29)/t12-/m1/s1. The van der Waals surface area contributed by atoms with E-state index in [1.54, 1.807) is 6.07 Å². The first-order chi connectivity index (χ1) is 13.7. The van der Waals surface area contributed by atoms with Gasteiger partial charge in [-0.1, -0.05) is 29.8 Å². The Balaban J connectivity index is 1.77. The molecule has 5 nitrogen and oxygen atoms in total. The lowest BCUT2D eigenvalue weighted by atomic mass is 10.0. The summed E-state index contributed by atoms with van der Waals surface area (Å²) in [7, 11) is 0. The number of benzene rings is 1. The predicted octanol–water partition coefficient (Wildman–Crippen LogP) is 5.01. The molecule has 0 bridgehead atoms. The average molecular weight is 444 g/mol. The first-order valence-corrected chi connectivity index (χ1v) is 10.0. The van der Waals surface area contributed by atoms with Crippen LogP contribution in [0, 0.1) is 0 Å². The van der Waals surface area contributed by atoms with Crippen LogP contribution < -0.4 is 15.5 Å². The molecule has 1 aromatic carbocycles. The number of nitrogens with zero attached hydrogens (tertiary/aromatic N) is 3. The summed E-state index contributed by atoms with van der Waals surface area (Å²) < 4.78 is 40.1. The smallest absolute Gasteiger partial charge is 0.358 e. The molecule has 3 rings (SSSR count). The highest BCUT2D eigenvalue weighted by molar-refractivity contribution is 7.80. The highest BCUT2D eigenvalue weighted by Gasteiger charge is 2.35. The van der Waals surface area contributed by atoms with E-state index in [-0.39, 0.29) is 22.9 Å². The lowest BCUT2D eigenvalue weighted by Crippen LogP contribution is -2.38. The number of aromatic nitrogens is 2. The Bertz CT molecular complexity index is 877. The SMILES string of the molecule is C[C@@H]1CCCCN1c1cc(C(F)(F)F)nc(NC(=S)NCc2ccccc2Cl)n1. The minimum atomic E-state index is -4.58. The van der Waals surface area contributed by atoms with E-state index in [9.17, 15) is 13.2 Å². The molecule has 1 aliphatic heterocycles. The van der Waals surface area contributed by atoms with Gasteiger partial charge in [-0.2, -0.15) is 18.2 Å². The average Bonchev–Trinajstić information content (AvgIpc) is 2.67. The topological polar surface area (TPSA) is 53.1 Å². The van der Waals surface area contributed by atoms with Gasteiger partial charge in [-0.25, -0.2) is 4.98 Å². The van der Waals surface area contributed by atoms with Crippen molar-refractivity contribution in [2.45, 2.75) is 44.9 Å². The molecule has 1 aliphatic rings. The van der Waals surface area contributed by atoms with Crippen LogP contribution in [0.15, 0.2) is 30.3 Å². The van der Waals surface area contributed by atoms with E-state index in [2.05, 4.69) is 20.6 Å². The summed E-state index contributed by atoms with van der Waals surface area (Å²) in [6.45, 7) is 2.96. The minimum Gasteiger partial charge on any atom is -0.358 e. The number of alkyl halides is 3. The Kier molecular flexibility index (Phi) is 6.79. The van der Waals surface area contributed by atoms with Crippen molar-refractivity contribution in [1.82, 2.24) is 15.3 Å². The van der Waals surface area contributed by atoms with E-state index >= 15 is 0 Å². The van der Waals surface area contributed by atoms with Crippen LogP contribution in [-0.4, -0.2) is 27.7 Å². The molecule has 2 N–H and O–H groups in total. The zero-order chi connectivity index (χ0) is 21.0. The van der Waals surface area contributed by atoms with Crippen molar-refractivity contribution in [3.8, 4) is 0 Å². The van der Waals surface area contributed by atoms with Gasteiger partial charge in [0.25, 0.3) is 0 Å². The number of hydrogen-bond acceptors (Lipinski definition) is 4. The van der Waals surface area contributed by atoms with Crippen molar-refractivity contribution in [2.24, 2.45) is 0 Å². The monoisotopic (exact) mass is 443 g/mol. The second kappa shape index (κ2) is 9.13. The van der Waals surface area contributed by atoms with Crippen LogP contribution in [0.1, 0.15) is 37.4 Å². The van der Waals surface area contributed by atoms with Gasteiger partial charge in [0.1, 0.15) is 5.82 Å². The summed E-state index contributed by atoms with van der Waals surface area (Å²) in [5.41, 5.74) is -0.192. The van der Waals surface area contributed by atoms with Crippen LogP contribution in [0.2, 0.25) is 5.02 Å².